The molecule has 0 saturated heterocycles. The maximum atomic E-state index is 12.3. The Morgan fingerprint density at radius 2 is 1.81 bits per heavy atom. The minimum atomic E-state index is -0.397. The van der Waals surface area contributed by atoms with Crippen LogP contribution in [-0.2, 0) is 14.9 Å². The third kappa shape index (κ3) is 6.12. The van der Waals surface area contributed by atoms with Crippen molar-refractivity contribution in [3.05, 3.63) is 65.0 Å². The predicted octanol–water partition coefficient (Wildman–Crippen LogP) is 7.10. The van der Waals surface area contributed by atoms with Gasteiger partial charge in [0.05, 0.1) is 5.41 Å². The van der Waals surface area contributed by atoms with Crippen LogP contribution in [0.4, 0.5) is 0 Å². The molecule has 0 N–H and O–H groups in total. The van der Waals surface area contributed by atoms with Gasteiger partial charge >= 0.3 is 0 Å². The Kier molecular flexibility index (Phi) is 8.34. The van der Waals surface area contributed by atoms with Gasteiger partial charge in [-0.3, -0.25) is 4.79 Å². The average molecular weight is 425 g/mol. The Labute approximate surface area is 189 Å². The zero-order valence-electron chi connectivity index (χ0n) is 20.7. The summed E-state index contributed by atoms with van der Waals surface area (Å²) in [6.07, 6.45) is 10.6. The summed E-state index contributed by atoms with van der Waals surface area (Å²) >= 11 is 0. The Hall–Kier alpha value is -2.29. The maximum Gasteiger partial charge on any atom is 0.175 e. The van der Waals surface area contributed by atoms with Crippen LogP contribution in [-0.4, -0.2) is 19.0 Å². The molecular formula is C28H40O3. The number of Topliss-reactive ketones (excluding diaryl/α,β-unsaturated/α-hetero) is 1. The van der Waals surface area contributed by atoms with E-state index in [1.165, 1.54) is 11.1 Å². The number of hydrogen-bond donors (Lipinski definition) is 0. The smallest absolute Gasteiger partial charge is 0.175 e. The number of benzene rings is 1. The van der Waals surface area contributed by atoms with E-state index in [4.69, 9.17) is 9.47 Å². The number of carbonyl (C=O) groups is 1. The van der Waals surface area contributed by atoms with Crippen molar-refractivity contribution in [2.24, 2.45) is 11.3 Å². The van der Waals surface area contributed by atoms with Crippen molar-refractivity contribution in [3.63, 3.8) is 0 Å². The third-order valence-corrected chi connectivity index (χ3v) is 6.26. The molecule has 0 radical (unpaired) electrons. The van der Waals surface area contributed by atoms with E-state index in [0.29, 0.717) is 12.5 Å². The van der Waals surface area contributed by atoms with E-state index in [-0.39, 0.29) is 17.8 Å². The van der Waals surface area contributed by atoms with Gasteiger partial charge in [0.2, 0.25) is 0 Å². The van der Waals surface area contributed by atoms with Crippen LogP contribution in [0.3, 0.4) is 0 Å². The molecule has 3 heteroatoms. The van der Waals surface area contributed by atoms with Crippen LogP contribution in [0.25, 0.3) is 0 Å². The minimum Gasteiger partial charge on any atom is -0.493 e. The Bertz CT molecular complexity index is 861. The van der Waals surface area contributed by atoms with Gasteiger partial charge in [0.25, 0.3) is 0 Å². The van der Waals surface area contributed by atoms with Crippen LogP contribution in [0, 0.1) is 18.3 Å². The van der Waals surface area contributed by atoms with Crippen molar-refractivity contribution in [2.75, 3.05) is 13.2 Å². The normalized spacial score (nSPS) is 22.0. The van der Waals surface area contributed by atoms with Gasteiger partial charge in [-0.1, -0.05) is 71.4 Å². The molecule has 1 aliphatic heterocycles. The van der Waals surface area contributed by atoms with Crippen molar-refractivity contribution in [1.29, 1.82) is 0 Å². The molecule has 1 unspecified atom stereocenters. The third-order valence-electron chi connectivity index (χ3n) is 6.26. The predicted molar refractivity (Wildman–Crippen MR) is 129 cm³/mol. The molecule has 170 valence electrons. The van der Waals surface area contributed by atoms with Crippen molar-refractivity contribution >= 4 is 5.78 Å². The summed E-state index contributed by atoms with van der Waals surface area (Å²) in [5, 5.41) is 0. The number of allylic oxidation sites excluding steroid dienone is 5. The number of hydrogen-bond acceptors (Lipinski definition) is 3. The average Bonchev–Trinajstić information content (AvgIpc) is 2.78. The first-order valence-corrected chi connectivity index (χ1v) is 11.5. The molecule has 31 heavy (non-hydrogen) atoms. The van der Waals surface area contributed by atoms with Crippen molar-refractivity contribution in [1.82, 2.24) is 0 Å². The highest BCUT2D eigenvalue weighted by atomic mass is 16.5. The Morgan fingerprint density at radius 1 is 1.13 bits per heavy atom. The molecule has 0 saturated carbocycles. The lowest BCUT2D eigenvalue weighted by Gasteiger charge is -2.35. The largest absolute Gasteiger partial charge is 0.493 e. The molecule has 0 fully saturated rings. The summed E-state index contributed by atoms with van der Waals surface area (Å²) in [6, 6.07) is 6.33. The SMILES string of the molecule is CCC(CC)(/C1=C/C(C)/C=C(C)\C=C/CO1)c1ccc(OCC(=O)C(C)(C)C)c(C)c1. The van der Waals surface area contributed by atoms with Crippen molar-refractivity contribution in [3.8, 4) is 5.75 Å². The second-order valence-electron chi connectivity index (χ2n) is 9.75. The molecule has 1 atom stereocenters. The molecule has 1 aromatic rings. The van der Waals surface area contributed by atoms with E-state index < -0.39 is 5.41 Å². The molecular weight excluding hydrogens is 384 g/mol. The second-order valence-corrected chi connectivity index (χ2v) is 9.75. The van der Waals surface area contributed by atoms with Crippen LogP contribution in [0.5, 0.6) is 5.75 Å². The molecule has 1 heterocycles. The number of aryl methyl sites for hydroxylation is 1. The van der Waals surface area contributed by atoms with Gasteiger partial charge in [0.15, 0.2) is 5.78 Å². The van der Waals surface area contributed by atoms with Gasteiger partial charge in [-0.05, 0) is 62.0 Å². The zero-order valence-corrected chi connectivity index (χ0v) is 20.7. The fourth-order valence-electron chi connectivity index (χ4n) is 4.09. The summed E-state index contributed by atoms with van der Waals surface area (Å²) in [6.45, 7) is 17.3. The standard InChI is InChI=1S/C28H40O3/c1-9-28(10-2,26-17-21(4)16-20(3)12-11-15-30-26)23-13-14-24(22(5)18-23)31-19-25(29)27(6,7)8/h11-14,16-18,21H,9-10,15,19H2,1-8H3/b12-11-,20-16-,26-17-. The first kappa shape index (κ1) is 25.0. The maximum absolute atomic E-state index is 12.3. The number of carbonyl (C=O) groups excluding carboxylic acids is 1. The topological polar surface area (TPSA) is 35.5 Å². The van der Waals surface area contributed by atoms with Gasteiger partial charge in [-0.15, -0.1) is 0 Å². The molecule has 3 nitrogen and oxygen atoms in total. The summed E-state index contributed by atoms with van der Waals surface area (Å²) in [4.78, 5) is 12.3. The lowest BCUT2D eigenvalue weighted by molar-refractivity contribution is -0.128. The molecule has 0 amide bonds. The van der Waals surface area contributed by atoms with E-state index in [1.807, 2.05) is 33.8 Å². The fourth-order valence-corrected chi connectivity index (χ4v) is 4.09. The van der Waals surface area contributed by atoms with E-state index in [2.05, 4.69) is 64.1 Å². The molecule has 0 bridgehead atoms. The van der Waals surface area contributed by atoms with Gasteiger partial charge in [0, 0.05) is 5.41 Å². The quantitative estimate of drug-likeness (QED) is 0.468. The van der Waals surface area contributed by atoms with E-state index >= 15 is 0 Å². The lowest BCUT2D eigenvalue weighted by Crippen LogP contribution is -2.29. The Morgan fingerprint density at radius 3 is 2.39 bits per heavy atom. The fraction of sp³-hybridized carbons (Fsp3) is 0.536. The van der Waals surface area contributed by atoms with E-state index in [0.717, 1.165) is 29.9 Å². The van der Waals surface area contributed by atoms with Crippen LogP contribution in [0.15, 0.2) is 53.8 Å². The summed E-state index contributed by atoms with van der Waals surface area (Å²) < 4.78 is 12.2. The van der Waals surface area contributed by atoms with Crippen LogP contribution >= 0.6 is 0 Å². The summed E-state index contributed by atoms with van der Waals surface area (Å²) in [7, 11) is 0. The zero-order chi connectivity index (χ0) is 23.2. The molecule has 0 spiro atoms. The van der Waals surface area contributed by atoms with Crippen LogP contribution < -0.4 is 4.74 Å². The molecule has 0 aromatic heterocycles. The van der Waals surface area contributed by atoms with Crippen LogP contribution in [0.1, 0.15) is 72.4 Å². The number of ether oxygens (including phenoxy) is 2. The van der Waals surface area contributed by atoms with Gasteiger partial charge in [-0.25, -0.2) is 0 Å². The minimum absolute atomic E-state index is 0.0974. The van der Waals surface area contributed by atoms with Gasteiger partial charge < -0.3 is 9.47 Å². The molecule has 0 aliphatic carbocycles. The second kappa shape index (κ2) is 10.3. The van der Waals surface area contributed by atoms with Crippen molar-refractivity contribution in [2.45, 2.75) is 73.6 Å². The first-order valence-electron chi connectivity index (χ1n) is 11.5. The molecule has 1 aromatic carbocycles. The summed E-state index contributed by atoms with van der Waals surface area (Å²) in [5.41, 5.74) is 2.93. The number of rotatable bonds is 7. The lowest BCUT2D eigenvalue weighted by atomic mass is 9.73. The first-order chi connectivity index (χ1) is 14.5. The van der Waals surface area contributed by atoms with Crippen LogP contribution in [0.2, 0.25) is 0 Å². The van der Waals surface area contributed by atoms with Gasteiger partial charge in [-0.2, -0.15) is 0 Å². The highest BCUT2D eigenvalue weighted by Gasteiger charge is 2.35. The highest BCUT2D eigenvalue weighted by Crippen LogP contribution is 2.42. The van der Waals surface area contributed by atoms with Crippen molar-refractivity contribution < 1.29 is 14.3 Å². The molecule has 2 rings (SSSR count). The molecule has 1 aliphatic rings. The van der Waals surface area contributed by atoms with E-state index in [9.17, 15) is 4.79 Å². The van der Waals surface area contributed by atoms with E-state index in [1.54, 1.807) is 0 Å². The Balaban J connectivity index is 2.38. The monoisotopic (exact) mass is 424 g/mol. The highest BCUT2D eigenvalue weighted by molar-refractivity contribution is 5.85. The number of ketones is 1. The van der Waals surface area contributed by atoms with Gasteiger partial charge in [0.1, 0.15) is 24.7 Å². The summed E-state index contributed by atoms with van der Waals surface area (Å²) in [5.74, 6) is 2.20.